The number of hydrogen-bond donors (Lipinski definition) is 2. The fraction of sp³-hybridized carbons (Fsp3) is 0.667. The predicted molar refractivity (Wildman–Crippen MR) is 135 cm³/mol. The SMILES string of the molecule is CCNC(=NCCCOCC1CCCO1)NCCS(=O)(=O)N1CCc2ccccc21.I. The number of aliphatic imine (C=N–C) groups is 1. The molecular formula is C21H35IN4O4S. The number of anilines is 1. The lowest BCUT2D eigenvalue weighted by Gasteiger charge is -2.20. The van der Waals surface area contributed by atoms with Crippen LogP contribution in [-0.2, 0) is 25.9 Å². The monoisotopic (exact) mass is 566 g/mol. The van der Waals surface area contributed by atoms with E-state index in [2.05, 4.69) is 15.6 Å². The summed E-state index contributed by atoms with van der Waals surface area (Å²) in [6, 6.07) is 7.69. The summed E-state index contributed by atoms with van der Waals surface area (Å²) >= 11 is 0. The molecule has 2 heterocycles. The molecule has 1 aromatic carbocycles. The fourth-order valence-electron chi connectivity index (χ4n) is 3.70. The zero-order valence-corrected chi connectivity index (χ0v) is 21.4. The highest BCUT2D eigenvalue weighted by Gasteiger charge is 2.28. The summed E-state index contributed by atoms with van der Waals surface area (Å²) in [5, 5.41) is 6.29. The molecule has 2 aliphatic heterocycles. The summed E-state index contributed by atoms with van der Waals surface area (Å²) in [5.41, 5.74) is 1.90. The smallest absolute Gasteiger partial charge is 0.236 e. The predicted octanol–water partition coefficient (Wildman–Crippen LogP) is 2.14. The van der Waals surface area contributed by atoms with Crippen molar-refractivity contribution in [3.05, 3.63) is 29.8 Å². The van der Waals surface area contributed by atoms with Crippen LogP contribution in [0.1, 0.15) is 31.7 Å². The van der Waals surface area contributed by atoms with Crippen molar-refractivity contribution in [3.8, 4) is 0 Å². The Balaban J connectivity index is 0.00000341. The lowest BCUT2D eigenvalue weighted by Crippen LogP contribution is -2.42. The van der Waals surface area contributed by atoms with Crippen LogP contribution in [0.5, 0.6) is 0 Å². The molecule has 0 aliphatic carbocycles. The molecule has 1 aromatic rings. The number of hydrogen-bond acceptors (Lipinski definition) is 5. The average molecular weight is 567 g/mol. The Bertz CT molecular complexity index is 800. The van der Waals surface area contributed by atoms with E-state index in [0.717, 1.165) is 43.5 Å². The van der Waals surface area contributed by atoms with E-state index in [1.54, 1.807) is 0 Å². The fourth-order valence-corrected chi connectivity index (χ4v) is 5.12. The van der Waals surface area contributed by atoms with Crippen LogP contribution in [-0.4, -0.2) is 72.2 Å². The molecule has 10 heteroatoms. The minimum atomic E-state index is -3.37. The molecule has 31 heavy (non-hydrogen) atoms. The molecule has 8 nitrogen and oxygen atoms in total. The van der Waals surface area contributed by atoms with Gasteiger partial charge < -0.3 is 20.1 Å². The first-order valence-electron chi connectivity index (χ1n) is 10.9. The van der Waals surface area contributed by atoms with E-state index < -0.39 is 10.0 Å². The summed E-state index contributed by atoms with van der Waals surface area (Å²) in [4.78, 5) is 4.51. The van der Waals surface area contributed by atoms with E-state index in [-0.39, 0.29) is 35.8 Å². The van der Waals surface area contributed by atoms with Crippen LogP contribution in [0.3, 0.4) is 0 Å². The van der Waals surface area contributed by atoms with Gasteiger partial charge in [-0.2, -0.15) is 0 Å². The maximum atomic E-state index is 12.8. The number of nitrogens with one attached hydrogen (secondary N) is 2. The van der Waals surface area contributed by atoms with Crippen molar-refractivity contribution < 1.29 is 17.9 Å². The Morgan fingerprint density at radius 3 is 2.94 bits per heavy atom. The van der Waals surface area contributed by atoms with Gasteiger partial charge in [-0.1, -0.05) is 18.2 Å². The third-order valence-corrected chi connectivity index (χ3v) is 6.99. The second kappa shape index (κ2) is 13.4. The van der Waals surface area contributed by atoms with Crippen LogP contribution in [0.2, 0.25) is 0 Å². The van der Waals surface area contributed by atoms with E-state index >= 15 is 0 Å². The highest BCUT2D eigenvalue weighted by Crippen LogP contribution is 2.29. The number of guanidine groups is 1. The first-order chi connectivity index (χ1) is 14.6. The van der Waals surface area contributed by atoms with Gasteiger partial charge in [0.1, 0.15) is 0 Å². The van der Waals surface area contributed by atoms with Gasteiger partial charge >= 0.3 is 0 Å². The number of nitrogens with zero attached hydrogens (tertiary/aromatic N) is 2. The Kier molecular flexibility index (Phi) is 11.3. The number of halogens is 1. The van der Waals surface area contributed by atoms with Gasteiger partial charge in [0, 0.05) is 39.4 Å². The third-order valence-electron chi connectivity index (χ3n) is 5.22. The van der Waals surface area contributed by atoms with E-state index in [4.69, 9.17) is 9.47 Å². The molecular weight excluding hydrogens is 531 g/mol. The van der Waals surface area contributed by atoms with Crippen LogP contribution in [0.15, 0.2) is 29.3 Å². The molecule has 1 fully saturated rings. The number of sulfonamides is 1. The van der Waals surface area contributed by atoms with Gasteiger partial charge in [-0.15, -0.1) is 24.0 Å². The Hall–Kier alpha value is -1.11. The second-order valence-corrected chi connectivity index (χ2v) is 9.53. The van der Waals surface area contributed by atoms with E-state index in [9.17, 15) is 8.42 Å². The maximum absolute atomic E-state index is 12.8. The molecule has 1 saturated heterocycles. The summed E-state index contributed by atoms with van der Waals surface area (Å²) in [5.74, 6) is 0.657. The van der Waals surface area contributed by atoms with Gasteiger partial charge in [-0.05, 0) is 44.2 Å². The van der Waals surface area contributed by atoms with Crippen molar-refractivity contribution in [2.45, 2.75) is 38.7 Å². The molecule has 0 bridgehead atoms. The zero-order valence-electron chi connectivity index (χ0n) is 18.2. The van der Waals surface area contributed by atoms with Gasteiger partial charge in [0.25, 0.3) is 0 Å². The standard InChI is InChI=1S/C21H34N4O4S.HI/c1-2-22-21(23-11-6-14-28-17-19-8-5-15-29-19)24-12-16-30(26,27)25-13-10-18-7-3-4-9-20(18)25;/h3-4,7,9,19H,2,5-6,8,10-17H2,1H3,(H2,22,23,24);1H. The molecule has 0 saturated carbocycles. The summed E-state index contributed by atoms with van der Waals surface area (Å²) in [6.45, 7) is 6.28. The quantitative estimate of drug-likeness (QED) is 0.185. The number of ether oxygens (including phenoxy) is 2. The van der Waals surface area contributed by atoms with Gasteiger partial charge in [0.2, 0.25) is 10.0 Å². The normalized spacial score (nSPS) is 18.5. The molecule has 0 amide bonds. The minimum Gasteiger partial charge on any atom is -0.379 e. The molecule has 0 spiro atoms. The van der Waals surface area contributed by atoms with Crippen molar-refractivity contribution in [2.24, 2.45) is 4.99 Å². The van der Waals surface area contributed by atoms with Crippen molar-refractivity contribution in [3.63, 3.8) is 0 Å². The molecule has 3 rings (SSSR count). The minimum absolute atomic E-state index is 0. The molecule has 176 valence electrons. The first kappa shape index (κ1) is 26.1. The van der Waals surface area contributed by atoms with Crippen molar-refractivity contribution in [1.29, 1.82) is 0 Å². The Morgan fingerprint density at radius 1 is 1.32 bits per heavy atom. The topological polar surface area (TPSA) is 92.3 Å². The number of rotatable bonds is 11. The Labute approximate surface area is 203 Å². The van der Waals surface area contributed by atoms with Crippen LogP contribution in [0.25, 0.3) is 0 Å². The van der Waals surface area contributed by atoms with E-state index in [1.165, 1.54) is 4.31 Å². The van der Waals surface area contributed by atoms with Crippen LogP contribution in [0.4, 0.5) is 5.69 Å². The molecule has 0 radical (unpaired) electrons. The summed E-state index contributed by atoms with van der Waals surface area (Å²) in [6.07, 6.45) is 4.03. The average Bonchev–Trinajstić information content (AvgIpc) is 3.40. The summed E-state index contributed by atoms with van der Waals surface area (Å²) < 4.78 is 38.3. The highest BCUT2D eigenvalue weighted by molar-refractivity contribution is 14.0. The van der Waals surface area contributed by atoms with Gasteiger partial charge in [0.05, 0.1) is 24.2 Å². The number of para-hydroxylation sites is 1. The van der Waals surface area contributed by atoms with Crippen LogP contribution >= 0.6 is 24.0 Å². The maximum Gasteiger partial charge on any atom is 0.236 e. The summed E-state index contributed by atoms with van der Waals surface area (Å²) in [7, 11) is -3.37. The number of benzene rings is 1. The molecule has 1 unspecified atom stereocenters. The van der Waals surface area contributed by atoms with Crippen LogP contribution < -0.4 is 14.9 Å². The lowest BCUT2D eigenvalue weighted by atomic mass is 10.2. The first-order valence-corrected chi connectivity index (χ1v) is 12.5. The third kappa shape index (κ3) is 8.07. The van der Waals surface area contributed by atoms with Gasteiger partial charge in [-0.25, -0.2) is 8.42 Å². The molecule has 2 N–H and O–H groups in total. The zero-order chi connectivity index (χ0) is 21.2. The second-order valence-electron chi connectivity index (χ2n) is 7.52. The van der Waals surface area contributed by atoms with Crippen molar-refractivity contribution in [2.75, 3.05) is 56.1 Å². The lowest BCUT2D eigenvalue weighted by molar-refractivity contribution is 0.0171. The largest absolute Gasteiger partial charge is 0.379 e. The van der Waals surface area contributed by atoms with E-state index in [1.807, 2.05) is 31.2 Å². The van der Waals surface area contributed by atoms with E-state index in [0.29, 0.717) is 45.4 Å². The van der Waals surface area contributed by atoms with Crippen LogP contribution in [0, 0.1) is 0 Å². The van der Waals surface area contributed by atoms with Crippen molar-refractivity contribution in [1.82, 2.24) is 10.6 Å². The van der Waals surface area contributed by atoms with Crippen molar-refractivity contribution >= 4 is 45.6 Å². The molecule has 2 aliphatic rings. The Morgan fingerprint density at radius 2 is 2.16 bits per heavy atom. The number of fused-ring (bicyclic) bond motifs is 1. The van der Waals surface area contributed by atoms with Gasteiger partial charge in [-0.3, -0.25) is 9.30 Å². The molecule has 0 aromatic heterocycles. The highest BCUT2D eigenvalue weighted by atomic mass is 127. The van der Waals surface area contributed by atoms with Gasteiger partial charge in [0.15, 0.2) is 5.96 Å². The molecule has 1 atom stereocenters.